The summed E-state index contributed by atoms with van der Waals surface area (Å²) >= 11 is 2.18. The Morgan fingerprint density at radius 2 is 2.29 bits per heavy atom. The lowest BCUT2D eigenvalue weighted by atomic mass is 10.2. The highest BCUT2D eigenvalue weighted by molar-refractivity contribution is 14.1. The van der Waals surface area contributed by atoms with Crippen LogP contribution in [0.25, 0.3) is 0 Å². The van der Waals surface area contributed by atoms with Gasteiger partial charge in [-0.25, -0.2) is 4.99 Å². The first-order chi connectivity index (χ1) is 3.27. The largest absolute Gasteiger partial charge is 0.243 e. The number of hydrogen-bond acceptors (Lipinski definition) is 0. The van der Waals surface area contributed by atoms with Crippen LogP contribution in [0.3, 0.4) is 0 Å². The molecule has 0 aromatic rings. The molecule has 0 aliphatic carbocycles. The monoisotopic (exact) mass is 212 g/mol. The Labute approximate surface area is 58.4 Å². The second kappa shape index (κ2) is 4.56. The summed E-state index contributed by atoms with van der Waals surface area (Å²) in [7, 11) is 0. The van der Waals surface area contributed by atoms with Gasteiger partial charge in [0.05, 0.1) is 0 Å². The maximum atomic E-state index is 3.11. The van der Waals surface area contributed by atoms with Crippen molar-refractivity contribution >= 4 is 26.8 Å². The van der Waals surface area contributed by atoms with E-state index in [4.69, 9.17) is 0 Å². The van der Waals surface area contributed by atoms with Crippen molar-refractivity contribution in [2.75, 3.05) is 6.54 Å². The molecule has 1 nitrogen and oxygen atoms in total. The van der Waals surface area contributed by atoms with E-state index in [9.17, 15) is 0 Å². The lowest BCUT2D eigenvalue weighted by molar-refractivity contribution is -0.455. The van der Waals surface area contributed by atoms with Gasteiger partial charge in [0, 0.05) is 28.5 Å². The average molecular weight is 212 g/mol. The van der Waals surface area contributed by atoms with Crippen LogP contribution in [0.4, 0.5) is 0 Å². The van der Waals surface area contributed by atoms with Gasteiger partial charge in [-0.3, -0.25) is 0 Å². The fourth-order valence-corrected chi connectivity index (χ4v) is 0.535. The van der Waals surface area contributed by atoms with E-state index < -0.39 is 0 Å². The minimum Gasteiger partial charge on any atom is -0.243 e. The topological polar surface area (TPSA) is 14.0 Å². The zero-order valence-corrected chi connectivity index (χ0v) is 6.90. The van der Waals surface area contributed by atoms with Crippen LogP contribution in [0.15, 0.2) is 0 Å². The first kappa shape index (κ1) is 7.40. The van der Waals surface area contributed by atoms with E-state index in [1.165, 1.54) is 0 Å². The molecule has 7 heavy (non-hydrogen) atoms. The van der Waals surface area contributed by atoms with E-state index in [1.54, 1.807) is 0 Å². The molecule has 0 aromatic carbocycles. The molecule has 0 atom stereocenters. The molecule has 0 aliphatic heterocycles. The lowest BCUT2D eigenvalue weighted by Crippen LogP contribution is -2.69. The third-order valence-electron chi connectivity index (χ3n) is 0.603. The molecule has 0 saturated carbocycles. The van der Waals surface area contributed by atoms with Crippen LogP contribution in [-0.2, 0) is 0 Å². The summed E-state index contributed by atoms with van der Waals surface area (Å²) < 4.78 is 1.94. The van der Waals surface area contributed by atoms with Crippen LogP contribution in [0.1, 0.15) is 13.8 Å². The zero-order chi connectivity index (χ0) is 5.70. The summed E-state index contributed by atoms with van der Waals surface area (Å²) in [5.74, 6) is 0.756. The molecule has 0 bridgehead atoms. The van der Waals surface area contributed by atoms with E-state index in [1.807, 2.05) is 4.22 Å². The van der Waals surface area contributed by atoms with E-state index >= 15 is 0 Å². The molecule has 0 aromatic heterocycles. The van der Waals surface area contributed by atoms with Gasteiger partial charge in [-0.1, -0.05) is 13.8 Å². The summed E-state index contributed by atoms with van der Waals surface area (Å²) in [6, 6.07) is 0. The van der Waals surface area contributed by atoms with Crippen LogP contribution in [0.5, 0.6) is 0 Å². The van der Waals surface area contributed by atoms with Crippen molar-refractivity contribution in [1.29, 1.82) is 0 Å². The van der Waals surface area contributed by atoms with Gasteiger partial charge in [-0.15, -0.1) is 0 Å². The molecule has 0 amide bonds. The summed E-state index contributed by atoms with van der Waals surface area (Å²) in [6.45, 7) is 5.46. The van der Waals surface area contributed by atoms with E-state index in [0.717, 1.165) is 12.5 Å². The smallest absolute Gasteiger partial charge is 0.198 e. The Morgan fingerprint density at radius 1 is 1.71 bits per heavy atom. The molecule has 0 saturated heterocycles. The predicted octanol–water partition coefficient (Wildman–Crippen LogP) is 0.186. The Kier molecular flexibility index (Phi) is 4.82. The third-order valence-corrected chi connectivity index (χ3v) is 1.04. The standard InChI is InChI=1S/C5H10IN/c1-5(2)3-7-4-6/h4-5H,3H2,1-2H3/p+1. The molecule has 0 radical (unpaired) electrons. The van der Waals surface area contributed by atoms with Gasteiger partial charge < -0.3 is 0 Å². The van der Waals surface area contributed by atoms with Gasteiger partial charge in [0.2, 0.25) is 0 Å². The summed E-state index contributed by atoms with van der Waals surface area (Å²) in [4.78, 5) is 3.11. The quantitative estimate of drug-likeness (QED) is 0.496. The zero-order valence-electron chi connectivity index (χ0n) is 4.74. The molecule has 0 fully saturated rings. The first-order valence-electron chi connectivity index (χ1n) is 2.42. The van der Waals surface area contributed by atoms with Crippen molar-refractivity contribution < 1.29 is 4.99 Å². The van der Waals surface area contributed by atoms with E-state index in [2.05, 4.69) is 41.4 Å². The SMILES string of the molecule is CC(C)C[NH+]=CI. The molecular formula is C5H11IN+. The highest BCUT2D eigenvalue weighted by Gasteiger charge is 1.90. The van der Waals surface area contributed by atoms with Crippen LogP contribution in [0.2, 0.25) is 0 Å². The average Bonchev–Trinajstić information content (AvgIpc) is 1.61. The number of hydrogen-bond donors (Lipinski definition) is 1. The Hall–Kier alpha value is 0.400. The maximum Gasteiger partial charge on any atom is 0.198 e. The fourth-order valence-electron chi connectivity index (χ4n) is 0.280. The highest BCUT2D eigenvalue weighted by Crippen LogP contribution is 1.80. The second-order valence-electron chi connectivity index (χ2n) is 1.91. The third kappa shape index (κ3) is 6.40. The number of halogens is 1. The van der Waals surface area contributed by atoms with Crippen LogP contribution in [-0.4, -0.2) is 10.8 Å². The molecule has 0 rings (SSSR count). The van der Waals surface area contributed by atoms with Gasteiger partial charge in [-0.05, 0) is 0 Å². The maximum absolute atomic E-state index is 3.11. The molecule has 0 unspecified atom stereocenters. The summed E-state index contributed by atoms with van der Waals surface area (Å²) in [5.41, 5.74) is 0. The van der Waals surface area contributed by atoms with Gasteiger partial charge in [0.25, 0.3) is 0 Å². The fraction of sp³-hybridized carbons (Fsp3) is 0.800. The predicted molar refractivity (Wildman–Crippen MR) is 40.8 cm³/mol. The summed E-state index contributed by atoms with van der Waals surface area (Å²) in [5, 5.41) is 0. The highest BCUT2D eigenvalue weighted by atomic mass is 127. The molecule has 42 valence electrons. The first-order valence-corrected chi connectivity index (χ1v) is 3.67. The Balaban J connectivity index is 2.97. The van der Waals surface area contributed by atoms with Crippen molar-refractivity contribution in [3.63, 3.8) is 0 Å². The van der Waals surface area contributed by atoms with Gasteiger partial charge in [0.15, 0.2) is 4.22 Å². The van der Waals surface area contributed by atoms with Gasteiger partial charge in [-0.2, -0.15) is 0 Å². The molecule has 0 heterocycles. The minimum atomic E-state index is 0.756. The normalized spacial score (nSPS) is 11.4. The van der Waals surface area contributed by atoms with Crippen LogP contribution < -0.4 is 4.99 Å². The van der Waals surface area contributed by atoms with Gasteiger partial charge >= 0.3 is 0 Å². The van der Waals surface area contributed by atoms with Crippen molar-refractivity contribution in [1.82, 2.24) is 0 Å². The molecular weight excluding hydrogens is 201 g/mol. The van der Waals surface area contributed by atoms with E-state index in [0.29, 0.717) is 0 Å². The van der Waals surface area contributed by atoms with Crippen molar-refractivity contribution in [3.8, 4) is 0 Å². The van der Waals surface area contributed by atoms with Gasteiger partial charge in [0.1, 0.15) is 6.54 Å². The lowest BCUT2D eigenvalue weighted by Gasteiger charge is -1.88. The number of rotatable bonds is 2. The van der Waals surface area contributed by atoms with Crippen LogP contribution in [0, 0.1) is 5.92 Å². The molecule has 2 heteroatoms. The van der Waals surface area contributed by atoms with Crippen molar-refractivity contribution in [2.24, 2.45) is 5.92 Å². The Morgan fingerprint density at radius 3 is 2.43 bits per heavy atom. The minimum absolute atomic E-state index is 0.756. The summed E-state index contributed by atoms with van der Waals surface area (Å²) in [6.07, 6.45) is 0. The van der Waals surface area contributed by atoms with Crippen molar-refractivity contribution in [3.05, 3.63) is 0 Å². The molecule has 0 spiro atoms. The molecule has 1 N–H and O–H groups in total. The van der Waals surface area contributed by atoms with Crippen LogP contribution >= 0.6 is 22.6 Å². The van der Waals surface area contributed by atoms with Crippen molar-refractivity contribution in [2.45, 2.75) is 13.8 Å². The molecule has 0 aliphatic rings. The Bertz CT molecular complexity index is 59.1. The van der Waals surface area contributed by atoms with E-state index in [-0.39, 0.29) is 0 Å². The number of nitrogens with one attached hydrogen (secondary N) is 1. The second-order valence-corrected chi connectivity index (χ2v) is 2.53.